The van der Waals surface area contributed by atoms with Crippen LogP contribution in [0, 0.1) is 5.92 Å². The van der Waals surface area contributed by atoms with Gasteiger partial charge < -0.3 is 19.2 Å². The lowest BCUT2D eigenvalue weighted by Gasteiger charge is -2.25. The zero-order valence-corrected chi connectivity index (χ0v) is 14.8. The lowest BCUT2D eigenvalue weighted by Crippen LogP contribution is -2.35. The predicted molar refractivity (Wildman–Crippen MR) is 96.3 cm³/mol. The molecule has 6 heteroatoms. The smallest absolute Gasteiger partial charge is 0.254 e. The number of para-hydroxylation sites is 1. The van der Waals surface area contributed by atoms with Gasteiger partial charge in [0.05, 0.1) is 31.9 Å². The van der Waals surface area contributed by atoms with Gasteiger partial charge in [0.15, 0.2) is 0 Å². The van der Waals surface area contributed by atoms with Gasteiger partial charge in [-0.15, -0.1) is 0 Å². The first-order valence-electron chi connectivity index (χ1n) is 9.14. The quantitative estimate of drug-likeness (QED) is 0.889. The number of ether oxygens (including phenoxy) is 2. The molecule has 2 aliphatic heterocycles. The molecule has 1 atom stereocenters. The van der Waals surface area contributed by atoms with E-state index in [0.29, 0.717) is 25.3 Å². The van der Waals surface area contributed by atoms with E-state index in [1.165, 1.54) is 11.8 Å². The maximum atomic E-state index is 12.4. The maximum Gasteiger partial charge on any atom is 0.254 e. The fraction of sp³-hybridized carbons (Fsp3) is 0.450. The molecule has 0 saturated carbocycles. The molecule has 26 heavy (non-hydrogen) atoms. The van der Waals surface area contributed by atoms with Crippen LogP contribution in [0.15, 0.2) is 41.0 Å². The summed E-state index contributed by atoms with van der Waals surface area (Å²) in [5.41, 5.74) is 1.78. The number of carbonyl (C=O) groups is 1. The average molecular weight is 356 g/mol. The summed E-state index contributed by atoms with van der Waals surface area (Å²) < 4.78 is 16.7. The van der Waals surface area contributed by atoms with Crippen LogP contribution < -0.4 is 10.1 Å². The molecule has 1 aromatic heterocycles. The number of nitrogens with zero attached hydrogens (tertiary/aromatic N) is 1. The number of carbonyl (C=O) groups excluding carboxylic acids is 1. The van der Waals surface area contributed by atoms with E-state index < -0.39 is 0 Å². The zero-order chi connectivity index (χ0) is 17.8. The standard InChI is InChI=1S/C20H24N2O4/c23-20(17-10-18(25-14-17)12-22-5-7-24-8-6-22)21-11-15-9-16-3-1-2-4-19(16)26-13-15/h1-4,10,14-15H,5-9,11-13H2,(H,21,23)/t15-/m1/s1. The van der Waals surface area contributed by atoms with Crippen LogP contribution in [-0.2, 0) is 17.7 Å². The highest BCUT2D eigenvalue weighted by Crippen LogP contribution is 2.26. The van der Waals surface area contributed by atoms with Gasteiger partial charge >= 0.3 is 0 Å². The second-order valence-corrected chi connectivity index (χ2v) is 6.89. The van der Waals surface area contributed by atoms with Gasteiger partial charge in [-0.2, -0.15) is 0 Å². The molecule has 6 nitrogen and oxygen atoms in total. The zero-order valence-electron chi connectivity index (χ0n) is 14.8. The third-order valence-corrected chi connectivity index (χ3v) is 4.91. The molecule has 138 valence electrons. The highest BCUT2D eigenvalue weighted by Gasteiger charge is 2.21. The number of hydrogen-bond acceptors (Lipinski definition) is 5. The van der Waals surface area contributed by atoms with Crippen LogP contribution in [-0.4, -0.2) is 50.3 Å². The highest BCUT2D eigenvalue weighted by molar-refractivity contribution is 5.93. The van der Waals surface area contributed by atoms with Crippen molar-refractivity contribution in [3.05, 3.63) is 53.5 Å². The van der Waals surface area contributed by atoms with E-state index in [0.717, 1.165) is 44.2 Å². The van der Waals surface area contributed by atoms with Gasteiger partial charge in [-0.3, -0.25) is 9.69 Å². The van der Waals surface area contributed by atoms with Gasteiger partial charge in [0, 0.05) is 25.6 Å². The van der Waals surface area contributed by atoms with Gasteiger partial charge in [-0.05, 0) is 24.1 Å². The Morgan fingerprint density at radius 1 is 1.23 bits per heavy atom. The Bertz CT molecular complexity index is 752. The molecule has 1 amide bonds. The molecule has 2 aliphatic rings. The number of rotatable bonds is 5. The van der Waals surface area contributed by atoms with Crippen molar-refractivity contribution in [1.29, 1.82) is 0 Å². The SMILES string of the molecule is O=C(NC[C@@H]1COc2ccccc2C1)c1coc(CN2CCOCC2)c1. The molecule has 2 aromatic rings. The van der Waals surface area contributed by atoms with E-state index in [4.69, 9.17) is 13.9 Å². The fourth-order valence-corrected chi connectivity index (χ4v) is 3.42. The van der Waals surface area contributed by atoms with Crippen LogP contribution in [0.1, 0.15) is 21.7 Å². The van der Waals surface area contributed by atoms with Crippen molar-refractivity contribution in [2.45, 2.75) is 13.0 Å². The van der Waals surface area contributed by atoms with E-state index in [1.807, 2.05) is 24.3 Å². The van der Waals surface area contributed by atoms with E-state index in [2.05, 4.69) is 16.3 Å². The number of hydrogen-bond donors (Lipinski definition) is 1. The number of furan rings is 1. The summed E-state index contributed by atoms with van der Waals surface area (Å²) in [5, 5.41) is 3.00. The molecular weight excluding hydrogens is 332 g/mol. The minimum absolute atomic E-state index is 0.0964. The molecular formula is C20H24N2O4. The monoisotopic (exact) mass is 356 g/mol. The van der Waals surface area contributed by atoms with E-state index in [9.17, 15) is 4.79 Å². The van der Waals surface area contributed by atoms with E-state index in [-0.39, 0.29) is 11.8 Å². The number of benzene rings is 1. The van der Waals surface area contributed by atoms with E-state index in [1.54, 1.807) is 0 Å². The van der Waals surface area contributed by atoms with Crippen LogP contribution in [0.25, 0.3) is 0 Å². The van der Waals surface area contributed by atoms with Crippen molar-refractivity contribution >= 4 is 5.91 Å². The molecule has 3 heterocycles. The van der Waals surface area contributed by atoms with Gasteiger partial charge in [0.2, 0.25) is 0 Å². The number of morpholine rings is 1. The summed E-state index contributed by atoms with van der Waals surface area (Å²) in [4.78, 5) is 14.7. The topological polar surface area (TPSA) is 63.9 Å². The fourth-order valence-electron chi connectivity index (χ4n) is 3.42. The van der Waals surface area contributed by atoms with Crippen molar-refractivity contribution in [1.82, 2.24) is 10.2 Å². The Hall–Kier alpha value is -2.31. The van der Waals surface area contributed by atoms with Crippen molar-refractivity contribution < 1.29 is 18.7 Å². The Labute approximate surface area is 153 Å². The number of amides is 1. The van der Waals surface area contributed by atoms with Crippen molar-refractivity contribution in [2.75, 3.05) is 39.5 Å². The second kappa shape index (κ2) is 7.93. The van der Waals surface area contributed by atoms with Gasteiger partial charge in [-0.25, -0.2) is 0 Å². The molecule has 1 saturated heterocycles. The summed E-state index contributed by atoms with van der Waals surface area (Å²) in [5.74, 6) is 1.96. The lowest BCUT2D eigenvalue weighted by molar-refractivity contribution is 0.0313. The predicted octanol–water partition coefficient (Wildman–Crippen LogP) is 2.09. The maximum absolute atomic E-state index is 12.4. The molecule has 4 rings (SSSR count). The Morgan fingerprint density at radius 2 is 2.08 bits per heavy atom. The molecule has 0 spiro atoms. The Morgan fingerprint density at radius 3 is 2.96 bits per heavy atom. The first-order valence-corrected chi connectivity index (χ1v) is 9.14. The molecule has 0 aliphatic carbocycles. The third kappa shape index (κ3) is 4.08. The largest absolute Gasteiger partial charge is 0.493 e. The summed E-state index contributed by atoms with van der Waals surface area (Å²) in [6, 6.07) is 9.90. The third-order valence-electron chi connectivity index (χ3n) is 4.91. The number of nitrogens with one attached hydrogen (secondary N) is 1. The van der Waals surface area contributed by atoms with Gasteiger partial charge in [-0.1, -0.05) is 18.2 Å². The Balaban J connectivity index is 1.27. The van der Waals surface area contributed by atoms with Crippen molar-refractivity contribution in [3.63, 3.8) is 0 Å². The van der Waals surface area contributed by atoms with Crippen LogP contribution in [0.5, 0.6) is 5.75 Å². The summed E-state index contributed by atoms with van der Waals surface area (Å²) in [7, 11) is 0. The highest BCUT2D eigenvalue weighted by atomic mass is 16.5. The number of fused-ring (bicyclic) bond motifs is 1. The molecule has 0 radical (unpaired) electrons. The lowest BCUT2D eigenvalue weighted by atomic mass is 9.97. The average Bonchev–Trinajstić information content (AvgIpc) is 3.15. The summed E-state index contributed by atoms with van der Waals surface area (Å²) in [6.07, 6.45) is 2.46. The van der Waals surface area contributed by atoms with Crippen LogP contribution in [0.4, 0.5) is 0 Å². The van der Waals surface area contributed by atoms with E-state index >= 15 is 0 Å². The van der Waals surface area contributed by atoms with Crippen LogP contribution in [0.3, 0.4) is 0 Å². The first-order chi connectivity index (χ1) is 12.8. The van der Waals surface area contributed by atoms with Crippen molar-refractivity contribution in [2.24, 2.45) is 5.92 Å². The molecule has 1 aromatic carbocycles. The molecule has 0 unspecified atom stereocenters. The minimum atomic E-state index is -0.0964. The second-order valence-electron chi connectivity index (χ2n) is 6.89. The summed E-state index contributed by atoms with van der Waals surface area (Å²) >= 11 is 0. The van der Waals surface area contributed by atoms with Gasteiger partial charge in [0.25, 0.3) is 5.91 Å². The Kier molecular flexibility index (Phi) is 5.22. The first kappa shape index (κ1) is 17.1. The summed E-state index contributed by atoms with van der Waals surface area (Å²) in [6.45, 7) is 5.23. The molecule has 1 fully saturated rings. The normalized spacial score (nSPS) is 20.2. The van der Waals surface area contributed by atoms with Crippen molar-refractivity contribution in [3.8, 4) is 5.75 Å². The van der Waals surface area contributed by atoms with Crippen LogP contribution in [0.2, 0.25) is 0 Å². The molecule has 0 bridgehead atoms. The van der Waals surface area contributed by atoms with Crippen LogP contribution >= 0.6 is 0 Å². The minimum Gasteiger partial charge on any atom is -0.493 e. The molecule has 1 N–H and O–H groups in total. The van der Waals surface area contributed by atoms with Gasteiger partial charge in [0.1, 0.15) is 17.8 Å².